The zero-order chi connectivity index (χ0) is 18.5. The summed E-state index contributed by atoms with van der Waals surface area (Å²) in [6.07, 6.45) is 2.47. The van der Waals surface area contributed by atoms with Crippen molar-refractivity contribution in [2.45, 2.75) is 19.3 Å². The first kappa shape index (κ1) is 18.3. The third-order valence-electron chi connectivity index (χ3n) is 4.62. The molecule has 1 aliphatic rings. The number of piperidine rings is 1. The van der Waals surface area contributed by atoms with Crippen LogP contribution in [-0.4, -0.2) is 30.5 Å². The number of nitrogens with zero attached hydrogens (tertiary/aromatic N) is 1. The molecule has 0 saturated carbocycles. The second kappa shape index (κ2) is 8.25. The van der Waals surface area contributed by atoms with E-state index in [9.17, 15) is 18.0 Å². The lowest BCUT2D eigenvalue weighted by molar-refractivity contribution is 0.0679. The molecule has 0 atom stereocenters. The van der Waals surface area contributed by atoms with Gasteiger partial charge in [0.2, 0.25) is 0 Å². The van der Waals surface area contributed by atoms with Crippen LogP contribution in [0.2, 0.25) is 0 Å². The van der Waals surface area contributed by atoms with Crippen molar-refractivity contribution < 1.29 is 22.7 Å². The molecule has 6 heteroatoms. The molecule has 2 aromatic carbocycles. The van der Waals surface area contributed by atoms with Gasteiger partial charge in [0.15, 0.2) is 0 Å². The van der Waals surface area contributed by atoms with Crippen molar-refractivity contribution >= 4 is 5.91 Å². The van der Waals surface area contributed by atoms with Crippen LogP contribution in [0, 0.1) is 23.4 Å². The number of hydrogen-bond donors (Lipinski definition) is 0. The predicted molar refractivity (Wildman–Crippen MR) is 91.5 cm³/mol. The van der Waals surface area contributed by atoms with Crippen molar-refractivity contribution in [3.63, 3.8) is 0 Å². The van der Waals surface area contributed by atoms with Gasteiger partial charge in [-0.3, -0.25) is 4.79 Å². The monoisotopic (exact) mass is 363 g/mol. The van der Waals surface area contributed by atoms with E-state index in [1.165, 1.54) is 12.1 Å². The molecule has 1 amide bonds. The zero-order valence-electron chi connectivity index (χ0n) is 14.3. The van der Waals surface area contributed by atoms with Gasteiger partial charge >= 0.3 is 0 Å². The van der Waals surface area contributed by atoms with Gasteiger partial charge in [0.25, 0.3) is 5.91 Å². The number of amides is 1. The van der Waals surface area contributed by atoms with E-state index in [4.69, 9.17) is 4.74 Å². The van der Waals surface area contributed by atoms with E-state index in [0.717, 1.165) is 37.5 Å². The molecule has 0 bridgehead atoms. The van der Waals surface area contributed by atoms with E-state index < -0.39 is 11.6 Å². The maximum Gasteiger partial charge on any atom is 0.254 e. The van der Waals surface area contributed by atoms with Crippen molar-refractivity contribution in [2.75, 3.05) is 19.7 Å². The number of benzene rings is 2. The van der Waals surface area contributed by atoms with Gasteiger partial charge in [-0.05, 0) is 61.6 Å². The fourth-order valence-electron chi connectivity index (χ4n) is 3.16. The molecule has 1 fully saturated rings. The molecule has 3 rings (SSSR count). The number of ether oxygens (including phenoxy) is 1. The highest BCUT2D eigenvalue weighted by Gasteiger charge is 2.24. The maximum absolute atomic E-state index is 13.3. The van der Waals surface area contributed by atoms with Gasteiger partial charge < -0.3 is 9.64 Å². The topological polar surface area (TPSA) is 29.5 Å². The smallest absolute Gasteiger partial charge is 0.254 e. The molecular formula is C20H20F3NO2. The largest absolute Gasteiger partial charge is 0.494 e. The highest BCUT2D eigenvalue weighted by Crippen LogP contribution is 2.23. The number of hydrogen-bond acceptors (Lipinski definition) is 2. The Kier molecular flexibility index (Phi) is 5.81. The van der Waals surface area contributed by atoms with Gasteiger partial charge in [-0.15, -0.1) is 0 Å². The molecule has 26 heavy (non-hydrogen) atoms. The van der Waals surface area contributed by atoms with Crippen LogP contribution < -0.4 is 4.74 Å². The minimum atomic E-state index is -0.749. The van der Waals surface area contributed by atoms with Crippen LogP contribution in [0.1, 0.15) is 29.6 Å². The van der Waals surface area contributed by atoms with E-state index in [-0.39, 0.29) is 17.3 Å². The first-order valence-electron chi connectivity index (χ1n) is 8.65. The van der Waals surface area contributed by atoms with Gasteiger partial charge in [0.05, 0.1) is 6.61 Å². The minimum Gasteiger partial charge on any atom is -0.494 e. The van der Waals surface area contributed by atoms with E-state index in [2.05, 4.69) is 0 Å². The number of carbonyl (C=O) groups excluding carboxylic acids is 1. The third-order valence-corrected chi connectivity index (χ3v) is 4.62. The molecule has 0 aliphatic carbocycles. The Labute approximate surface area is 150 Å². The number of carbonyl (C=O) groups is 1. The zero-order valence-corrected chi connectivity index (χ0v) is 14.3. The summed E-state index contributed by atoms with van der Waals surface area (Å²) in [7, 11) is 0. The molecule has 0 radical (unpaired) electrons. The van der Waals surface area contributed by atoms with Crippen LogP contribution in [0.15, 0.2) is 42.5 Å². The van der Waals surface area contributed by atoms with Crippen molar-refractivity contribution in [1.82, 2.24) is 4.90 Å². The second-order valence-corrected chi connectivity index (χ2v) is 6.48. The van der Waals surface area contributed by atoms with Crippen molar-refractivity contribution in [2.24, 2.45) is 5.92 Å². The highest BCUT2D eigenvalue weighted by molar-refractivity contribution is 5.94. The maximum atomic E-state index is 13.3. The van der Waals surface area contributed by atoms with Crippen molar-refractivity contribution in [3.8, 4) is 5.75 Å². The molecule has 1 heterocycles. The lowest BCUT2D eigenvalue weighted by atomic mass is 9.93. The van der Waals surface area contributed by atoms with Crippen LogP contribution in [0.5, 0.6) is 5.75 Å². The summed E-state index contributed by atoms with van der Waals surface area (Å²) in [5.74, 6) is -1.09. The molecule has 138 valence electrons. The van der Waals surface area contributed by atoms with Crippen molar-refractivity contribution in [1.29, 1.82) is 0 Å². The average molecular weight is 363 g/mol. The molecule has 0 spiro atoms. The first-order valence-corrected chi connectivity index (χ1v) is 8.65. The third kappa shape index (κ3) is 4.77. The summed E-state index contributed by atoms with van der Waals surface area (Å²) in [5, 5.41) is 0. The van der Waals surface area contributed by atoms with Crippen LogP contribution in [-0.2, 0) is 0 Å². The van der Waals surface area contributed by atoms with Gasteiger partial charge in [-0.1, -0.05) is 0 Å². The average Bonchev–Trinajstić information content (AvgIpc) is 2.62. The SMILES string of the molecule is O=C(c1cc(F)cc(F)c1)N1CCC(CCOc2ccc(F)cc2)CC1. The minimum absolute atomic E-state index is 0.0422. The van der Waals surface area contributed by atoms with Gasteiger partial charge in [0.1, 0.15) is 23.2 Å². The van der Waals surface area contributed by atoms with E-state index in [0.29, 0.717) is 31.4 Å². The first-order chi connectivity index (χ1) is 12.5. The molecule has 0 N–H and O–H groups in total. The fourth-order valence-corrected chi connectivity index (χ4v) is 3.16. The van der Waals surface area contributed by atoms with Crippen LogP contribution in [0.3, 0.4) is 0 Å². The molecule has 1 saturated heterocycles. The quantitative estimate of drug-likeness (QED) is 0.787. The lowest BCUT2D eigenvalue weighted by Crippen LogP contribution is -2.38. The normalized spacial score (nSPS) is 15.1. The lowest BCUT2D eigenvalue weighted by Gasteiger charge is -2.32. The Morgan fingerprint density at radius 2 is 1.58 bits per heavy atom. The molecule has 2 aromatic rings. The Morgan fingerprint density at radius 1 is 0.962 bits per heavy atom. The standard InChI is InChI=1S/C20H20F3NO2/c21-16-1-3-19(4-2-16)26-10-7-14-5-8-24(9-6-14)20(25)15-11-17(22)13-18(23)12-15/h1-4,11-14H,5-10H2. The van der Waals surface area contributed by atoms with Crippen LogP contribution in [0.4, 0.5) is 13.2 Å². The summed E-state index contributed by atoms with van der Waals surface area (Å²) in [5.41, 5.74) is 0.0422. The fraction of sp³-hybridized carbons (Fsp3) is 0.350. The van der Waals surface area contributed by atoms with Gasteiger partial charge in [-0.25, -0.2) is 13.2 Å². The molecule has 1 aliphatic heterocycles. The van der Waals surface area contributed by atoms with E-state index >= 15 is 0 Å². The Balaban J connectivity index is 1.45. The Hall–Kier alpha value is -2.50. The van der Waals surface area contributed by atoms with Crippen LogP contribution in [0.25, 0.3) is 0 Å². The number of likely N-dealkylation sites (tertiary alicyclic amines) is 1. The summed E-state index contributed by atoms with van der Waals surface area (Å²) < 4.78 is 45.0. The second-order valence-electron chi connectivity index (χ2n) is 6.48. The molecule has 3 nitrogen and oxygen atoms in total. The van der Waals surface area contributed by atoms with Gasteiger partial charge in [-0.2, -0.15) is 0 Å². The summed E-state index contributed by atoms with van der Waals surface area (Å²) >= 11 is 0. The van der Waals surface area contributed by atoms with Crippen LogP contribution >= 0.6 is 0 Å². The molecule has 0 unspecified atom stereocenters. The predicted octanol–water partition coefficient (Wildman–Crippen LogP) is 4.43. The highest BCUT2D eigenvalue weighted by atomic mass is 19.1. The van der Waals surface area contributed by atoms with E-state index in [1.807, 2.05) is 0 Å². The molecule has 0 aromatic heterocycles. The van der Waals surface area contributed by atoms with E-state index in [1.54, 1.807) is 17.0 Å². The summed E-state index contributed by atoms with van der Waals surface area (Å²) in [6.45, 7) is 1.63. The van der Waals surface area contributed by atoms with Crippen molar-refractivity contribution in [3.05, 3.63) is 65.5 Å². The Bertz CT molecular complexity index is 736. The van der Waals surface area contributed by atoms with Gasteiger partial charge in [0, 0.05) is 24.7 Å². The molecular weight excluding hydrogens is 343 g/mol. The number of rotatable bonds is 5. The number of halogens is 3. The summed E-state index contributed by atoms with van der Waals surface area (Å²) in [6, 6.07) is 8.78. The summed E-state index contributed by atoms with van der Waals surface area (Å²) in [4.78, 5) is 14.0. The Morgan fingerprint density at radius 3 is 2.19 bits per heavy atom.